The van der Waals surface area contributed by atoms with E-state index in [2.05, 4.69) is 37.4 Å². The zero-order chi connectivity index (χ0) is 13.5. The molecule has 0 aromatic heterocycles. The molecule has 0 heterocycles. The molecule has 4 N–H and O–H groups in total. The van der Waals surface area contributed by atoms with Crippen molar-refractivity contribution in [1.29, 1.82) is 0 Å². The Hall–Kier alpha value is -1.39. The van der Waals surface area contributed by atoms with Crippen LogP contribution < -0.4 is 11.1 Å². The Morgan fingerprint density at radius 1 is 1.39 bits per heavy atom. The first-order chi connectivity index (χ1) is 8.50. The molecule has 0 bridgehead atoms. The van der Waals surface area contributed by atoms with Gasteiger partial charge in [-0.3, -0.25) is 4.79 Å². The van der Waals surface area contributed by atoms with Crippen molar-refractivity contribution < 1.29 is 9.90 Å². The number of aliphatic carboxylic acids is 1. The van der Waals surface area contributed by atoms with Crippen LogP contribution in [0.15, 0.2) is 18.2 Å². The number of nitrogens with two attached hydrogens (primary N) is 1. The largest absolute Gasteiger partial charge is 0.480 e. The first-order valence-electron chi connectivity index (χ1n) is 6.26. The lowest BCUT2D eigenvalue weighted by molar-refractivity contribution is -0.138. The maximum atomic E-state index is 10.5. The minimum absolute atomic E-state index is 0.461. The smallest absolute Gasteiger partial charge is 0.320 e. The number of hydrogen-bond acceptors (Lipinski definition) is 3. The number of carboxylic acids is 1. The average molecular weight is 250 g/mol. The molecule has 0 aliphatic rings. The summed E-state index contributed by atoms with van der Waals surface area (Å²) < 4.78 is 0. The molecule has 4 heteroatoms. The molecule has 0 saturated carbocycles. The van der Waals surface area contributed by atoms with Crippen molar-refractivity contribution in [2.45, 2.75) is 32.7 Å². The number of nitrogens with one attached hydrogen (secondary N) is 1. The van der Waals surface area contributed by atoms with Crippen molar-refractivity contribution in [2.75, 3.05) is 13.1 Å². The predicted molar refractivity (Wildman–Crippen MR) is 72.7 cm³/mol. The highest BCUT2D eigenvalue weighted by molar-refractivity contribution is 5.72. The minimum atomic E-state index is -0.939. The highest BCUT2D eigenvalue weighted by Crippen LogP contribution is 2.10. The van der Waals surface area contributed by atoms with Crippen molar-refractivity contribution in [2.24, 2.45) is 5.73 Å². The molecule has 0 aliphatic heterocycles. The molecule has 0 amide bonds. The molecule has 1 atom stereocenters. The van der Waals surface area contributed by atoms with E-state index in [4.69, 9.17) is 10.8 Å². The number of rotatable bonds is 7. The van der Waals surface area contributed by atoms with Gasteiger partial charge in [-0.2, -0.15) is 0 Å². The first kappa shape index (κ1) is 14.7. The number of hydrogen-bond donors (Lipinski definition) is 3. The molecule has 0 aliphatic carbocycles. The molecule has 1 unspecified atom stereocenters. The van der Waals surface area contributed by atoms with E-state index in [1.165, 1.54) is 16.7 Å². The zero-order valence-corrected chi connectivity index (χ0v) is 11.1. The topological polar surface area (TPSA) is 75.3 Å². The number of aryl methyl sites for hydroxylation is 2. The molecule has 0 saturated heterocycles. The molecule has 0 spiro atoms. The summed E-state index contributed by atoms with van der Waals surface area (Å²) in [7, 11) is 0. The highest BCUT2D eigenvalue weighted by atomic mass is 16.4. The van der Waals surface area contributed by atoms with Crippen LogP contribution in [0.4, 0.5) is 0 Å². The second-order valence-corrected chi connectivity index (χ2v) is 4.66. The average Bonchev–Trinajstić information content (AvgIpc) is 2.30. The Balaban J connectivity index is 2.24. The summed E-state index contributed by atoms with van der Waals surface area (Å²) in [6.45, 7) is 5.68. The third kappa shape index (κ3) is 4.85. The summed E-state index contributed by atoms with van der Waals surface area (Å²) in [5.41, 5.74) is 9.32. The molecular formula is C14H22N2O2. The zero-order valence-electron chi connectivity index (χ0n) is 11.1. The van der Waals surface area contributed by atoms with E-state index in [9.17, 15) is 4.79 Å². The molecular weight excluding hydrogens is 228 g/mol. The van der Waals surface area contributed by atoms with Gasteiger partial charge in [0, 0.05) is 0 Å². The maximum absolute atomic E-state index is 10.5. The Labute approximate surface area is 108 Å². The predicted octanol–water partition coefficient (Wildman–Crippen LogP) is 1.24. The van der Waals surface area contributed by atoms with Crippen LogP contribution in [0.5, 0.6) is 0 Å². The van der Waals surface area contributed by atoms with E-state index in [-0.39, 0.29) is 0 Å². The van der Waals surface area contributed by atoms with Crippen molar-refractivity contribution in [1.82, 2.24) is 5.32 Å². The number of benzene rings is 1. The standard InChI is InChI=1S/C14H22N2O2/c1-10-3-4-12(11(2)9-10)5-7-16-8-6-13(15)14(17)18/h3-4,9,13,16H,5-8,15H2,1-2H3,(H,17,18). The summed E-state index contributed by atoms with van der Waals surface area (Å²) in [6, 6.07) is 5.67. The van der Waals surface area contributed by atoms with Gasteiger partial charge in [0.1, 0.15) is 6.04 Å². The van der Waals surface area contributed by atoms with Crippen molar-refractivity contribution in [3.63, 3.8) is 0 Å². The Morgan fingerprint density at radius 3 is 2.72 bits per heavy atom. The van der Waals surface area contributed by atoms with E-state index in [0.29, 0.717) is 13.0 Å². The summed E-state index contributed by atoms with van der Waals surface area (Å²) in [5.74, 6) is -0.939. The third-order valence-corrected chi connectivity index (χ3v) is 3.02. The lowest BCUT2D eigenvalue weighted by atomic mass is 10.0. The lowest BCUT2D eigenvalue weighted by Gasteiger charge is -2.09. The molecule has 4 nitrogen and oxygen atoms in total. The van der Waals surface area contributed by atoms with Crippen molar-refractivity contribution in [3.8, 4) is 0 Å². The van der Waals surface area contributed by atoms with Gasteiger partial charge in [-0.15, -0.1) is 0 Å². The molecule has 1 aromatic carbocycles. The highest BCUT2D eigenvalue weighted by Gasteiger charge is 2.09. The summed E-state index contributed by atoms with van der Waals surface area (Å²) >= 11 is 0. The Morgan fingerprint density at radius 2 is 2.11 bits per heavy atom. The summed E-state index contributed by atoms with van der Waals surface area (Å²) in [5, 5.41) is 11.8. The first-order valence-corrected chi connectivity index (χ1v) is 6.26. The molecule has 100 valence electrons. The molecule has 1 aromatic rings. The van der Waals surface area contributed by atoms with Gasteiger partial charge < -0.3 is 16.2 Å². The van der Waals surface area contributed by atoms with E-state index < -0.39 is 12.0 Å². The van der Waals surface area contributed by atoms with Crippen LogP contribution in [-0.4, -0.2) is 30.2 Å². The SMILES string of the molecule is Cc1ccc(CCNCCC(N)C(=O)O)c(C)c1. The molecule has 1 rings (SSSR count). The van der Waals surface area contributed by atoms with E-state index in [1.54, 1.807) is 0 Å². The number of carbonyl (C=O) groups is 1. The van der Waals surface area contributed by atoms with Crippen LogP contribution in [-0.2, 0) is 11.2 Å². The van der Waals surface area contributed by atoms with E-state index in [1.807, 2.05) is 0 Å². The van der Waals surface area contributed by atoms with Gasteiger partial charge in [0.25, 0.3) is 0 Å². The summed E-state index contributed by atoms with van der Waals surface area (Å²) in [4.78, 5) is 10.5. The van der Waals surface area contributed by atoms with Crippen molar-refractivity contribution >= 4 is 5.97 Å². The van der Waals surface area contributed by atoms with E-state index in [0.717, 1.165) is 13.0 Å². The maximum Gasteiger partial charge on any atom is 0.320 e. The third-order valence-electron chi connectivity index (χ3n) is 3.02. The van der Waals surface area contributed by atoms with Gasteiger partial charge >= 0.3 is 5.97 Å². The number of carboxylic acid groups (broad SMARTS) is 1. The van der Waals surface area contributed by atoms with Gasteiger partial charge in [0.2, 0.25) is 0 Å². The quantitative estimate of drug-likeness (QED) is 0.636. The monoisotopic (exact) mass is 250 g/mol. The van der Waals surface area contributed by atoms with Crippen LogP contribution in [0.3, 0.4) is 0 Å². The normalized spacial score (nSPS) is 12.4. The van der Waals surface area contributed by atoms with Gasteiger partial charge in [-0.05, 0) is 50.9 Å². The van der Waals surface area contributed by atoms with Crippen LogP contribution in [0, 0.1) is 13.8 Å². The van der Waals surface area contributed by atoms with Crippen LogP contribution >= 0.6 is 0 Å². The second kappa shape index (κ2) is 7.13. The van der Waals surface area contributed by atoms with E-state index >= 15 is 0 Å². The van der Waals surface area contributed by atoms with Gasteiger partial charge in [0.05, 0.1) is 0 Å². The lowest BCUT2D eigenvalue weighted by Crippen LogP contribution is -2.34. The Bertz CT molecular complexity index is 405. The molecule has 0 fully saturated rings. The van der Waals surface area contributed by atoms with Gasteiger partial charge in [0.15, 0.2) is 0 Å². The van der Waals surface area contributed by atoms with Gasteiger partial charge in [-0.25, -0.2) is 0 Å². The minimum Gasteiger partial charge on any atom is -0.480 e. The second-order valence-electron chi connectivity index (χ2n) is 4.66. The van der Waals surface area contributed by atoms with Crippen LogP contribution in [0.25, 0.3) is 0 Å². The summed E-state index contributed by atoms with van der Waals surface area (Å²) in [6.07, 6.45) is 1.41. The van der Waals surface area contributed by atoms with Gasteiger partial charge in [-0.1, -0.05) is 23.8 Å². The van der Waals surface area contributed by atoms with Crippen molar-refractivity contribution in [3.05, 3.63) is 34.9 Å². The fourth-order valence-corrected chi connectivity index (χ4v) is 1.86. The van der Waals surface area contributed by atoms with Crippen LogP contribution in [0.2, 0.25) is 0 Å². The fraction of sp³-hybridized carbons (Fsp3) is 0.500. The molecule has 0 radical (unpaired) electrons. The fourth-order valence-electron chi connectivity index (χ4n) is 1.86. The van der Waals surface area contributed by atoms with Crippen LogP contribution in [0.1, 0.15) is 23.1 Å². The molecule has 18 heavy (non-hydrogen) atoms. The Kier molecular flexibility index (Phi) is 5.82.